The number of amides is 2. The van der Waals surface area contributed by atoms with Gasteiger partial charge in [0, 0.05) is 30.1 Å². The molecule has 12 heteroatoms. The summed E-state index contributed by atoms with van der Waals surface area (Å²) in [7, 11) is -1.58. The van der Waals surface area contributed by atoms with Gasteiger partial charge in [0.05, 0.1) is 24.8 Å². The van der Waals surface area contributed by atoms with Crippen LogP contribution in [0.25, 0.3) is 0 Å². The number of carbonyl (C=O) groups is 2. The van der Waals surface area contributed by atoms with Crippen molar-refractivity contribution >= 4 is 39.1 Å². The number of nitrogens with zero attached hydrogens (tertiary/aromatic N) is 2. The summed E-state index contributed by atoms with van der Waals surface area (Å²) < 4.78 is 54.1. The minimum Gasteiger partial charge on any atom is -0.493 e. The fourth-order valence-electron chi connectivity index (χ4n) is 5.02. The Bertz CT molecular complexity index is 1790. The van der Waals surface area contributed by atoms with E-state index in [2.05, 4.69) is 5.32 Å². The Morgan fingerprint density at radius 3 is 2.12 bits per heavy atom. The van der Waals surface area contributed by atoms with Crippen LogP contribution in [0.4, 0.5) is 10.1 Å². The van der Waals surface area contributed by atoms with Crippen molar-refractivity contribution in [3.63, 3.8) is 0 Å². The Morgan fingerprint density at radius 2 is 1.52 bits per heavy atom. The van der Waals surface area contributed by atoms with Gasteiger partial charge in [0.2, 0.25) is 11.8 Å². The number of anilines is 1. The predicted octanol–water partition coefficient (Wildman–Crippen LogP) is 6.25. The molecule has 0 saturated heterocycles. The molecule has 9 nitrogen and oxygen atoms in total. The lowest BCUT2D eigenvalue weighted by Crippen LogP contribution is -2.54. The second-order valence-corrected chi connectivity index (χ2v) is 13.5. The summed E-state index contributed by atoms with van der Waals surface area (Å²) in [6.45, 7) is 3.04. The monoisotopic (exact) mass is 695 g/mol. The van der Waals surface area contributed by atoms with E-state index < -0.39 is 40.2 Å². The molecule has 0 bridgehead atoms. The molecule has 2 atom stereocenters. The van der Waals surface area contributed by atoms with Crippen molar-refractivity contribution in [2.24, 2.45) is 0 Å². The van der Waals surface area contributed by atoms with Crippen LogP contribution in [0.1, 0.15) is 31.4 Å². The Kier molecular flexibility index (Phi) is 12.4. The zero-order valence-corrected chi connectivity index (χ0v) is 28.8. The highest BCUT2D eigenvalue weighted by Crippen LogP contribution is 2.33. The van der Waals surface area contributed by atoms with Gasteiger partial charge in [0.15, 0.2) is 11.5 Å². The molecule has 0 unspecified atom stereocenters. The number of hydrogen-bond donors (Lipinski definition) is 1. The van der Waals surface area contributed by atoms with E-state index in [4.69, 9.17) is 21.1 Å². The molecule has 4 aromatic rings. The van der Waals surface area contributed by atoms with Crippen molar-refractivity contribution in [2.45, 2.75) is 50.2 Å². The van der Waals surface area contributed by atoms with Crippen LogP contribution in [0.15, 0.2) is 102 Å². The van der Waals surface area contributed by atoms with Gasteiger partial charge in [-0.1, -0.05) is 61.0 Å². The van der Waals surface area contributed by atoms with Crippen molar-refractivity contribution in [2.75, 3.05) is 25.1 Å². The average Bonchev–Trinajstić information content (AvgIpc) is 3.09. The third-order valence-electron chi connectivity index (χ3n) is 7.87. The number of hydrogen-bond acceptors (Lipinski definition) is 6. The summed E-state index contributed by atoms with van der Waals surface area (Å²) >= 11 is 6.14. The highest BCUT2D eigenvalue weighted by Gasteiger charge is 2.35. The van der Waals surface area contributed by atoms with Crippen LogP contribution in [0.3, 0.4) is 0 Å². The summed E-state index contributed by atoms with van der Waals surface area (Å²) in [6.07, 6.45) is 0.809. The zero-order chi connectivity index (χ0) is 34.8. The number of rotatable bonds is 15. The van der Waals surface area contributed by atoms with E-state index >= 15 is 0 Å². The first-order valence-electron chi connectivity index (χ1n) is 15.3. The smallest absolute Gasteiger partial charge is 0.264 e. The lowest BCUT2D eigenvalue weighted by atomic mass is 10.0. The molecule has 0 spiro atoms. The third kappa shape index (κ3) is 9.05. The molecule has 0 saturated carbocycles. The van der Waals surface area contributed by atoms with Gasteiger partial charge in [0.25, 0.3) is 10.0 Å². The quantitative estimate of drug-likeness (QED) is 0.158. The fourth-order valence-corrected chi connectivity index (χ4v) is 6.58. The maximum atomic E-state index is 14.6. The fraction of sp³-hybridized carbons (Fsp3) is 0.278. The molecule has 0 aliphatic rings. The van der Waals surface area contributed by atoms with E-state index in [0.717, 1.165) is 9.87 Å². The Hall–Kier alpha value is -4.61. The third-order valence-corrected chi connectivity index (χ3v) is 9.90. The number of benzene rings is 4. The molecule has 0 aliphatic carbocycles. The van der Waals surface area contributed by atoms with E-state index in [9.17, 15) is 22.4 Å². The van der Waals surface area contributed by atoms with Crippen molar-refractivity contribution < 1.29 is 31.9 Å². The van der Waals surface area contributed by atoms with E-state index in [1.807, 2.05) is 44.2 Å². The second-order valence-electron chi connectivity index (χ2n) is 11.2. The average molecular weight is 696 g/mol. The highest BCUT2D eigenvalue weighted by atomic mass is 35.5. The van der Waals surface area contributed by atoms with Crippen LogP contribution < -0.4 is 19.1 Å². The molecule has 1 N–H and O–H groups in total. The van der Waals surface area contributed by atoms with Crippen molar-refractivity contribution in [3.8, 4) is 11.5 Å². The lowest BCUT2D eigenvalue weighted by molar-refractivity contribution is -0.140. The predicted molar refractivity (Wildman–Crippen MR) is 184 cm³/mol. The van der Waals surface area contributed by atoms with Crippen LogP contribution in [-0.2, 0) is 32.6 Å². The Balaban J connectivity index is 1.82. The van der Waals surface area contributed by atoms with Crippen LogP contribution in [0.5, 0.6) is 11.5 Å². The van der Waals surface area contributed by atoms with E-state index in [0.29, 0.717) is 22.8 Å². The van der Waals surface area contributed by atoms with Gasteiger partial charge in [-0.15, -0.1) is 0 Å². The summed E-state index contributed by atoms with van der Waals surface area (Å²) in [5, 5.41) is 3.36. The van der Waals surface area contributed by atoms with E-state index in [1.54, 1.807) is 0 Å². The van der Waals surface area contributed by atoms with Crippen LogP contribution >= 0.6 is 11.6 Å². The first kappa shape index (κ1) is 36.2. The SMILES string of the molecule is CC[C@@H](C)NC(=O)[C@@H](Cc1ccccc1)N(Cc1ccc(F)cc1)C(=O)CN(c1ccc(Cl)cc1)S(=O)(=O)c1ccc(OC)c(OC)c1. The number of sulfonamides is 1. The summed E-state index contributed by atoms with van der Waals surface area (Å²) in [5.74, 6) is -0.999. The van der Waals surface area contributed by atoms with Crippen LogP contribution in [0.2, 0.25) is 5.02 Å². The molecular weight excluding hydrogens is 657 g/mol. The maximum Gasteiger partial charge on any atom is 0.264 e. The number of nitrogens with one attached hydrogen (secondary N) is 1. The molecule has 254 valence electrons. The molecule has 48 heavy (non-hydrogen) atoms. The molecule has 0 fully saturated rings. The molecular formula is C36H39ClFN3O6S. The molecule has 2 amide bonds. The minimum absolute atomic E-state index is 0.0879. The second kappa shape index (κ2) is 16.5. The van der Waals surface area contributed by atoms with Crippen molar-refractivity contribution in [1.82, 2.24) is 10.2 Å². The molecule has 4 aromatic carbocycles. The Morgan fingerprint density at radius 1 is 0.875 bits per heavy atom. The van der Waals surface area contributed by atoms with Gasteiger partial charge in [-0.05, 0) is 73.0 Å². The highest BCUT2D eigenvalue weighted by molar-refractivity contribution is 7.92. The number of halogens is 2. The van der Waals surface area contributed by atoms with Crippen molar-refractivity contribution in [3.05, 3.63) is 119 Å². The Labute approximate surface area is 286 Å². The first-order valence-corrected chi connectivity index (χ1v) is 17.2. The normalized spacial score (nSPS) is 12.5. The molecule has 0 radical (unpaired) electrons. The van der Waals surface area contributed by atoms with E-state index in [1.165, 1.54) is 85.8 Å². The van der Waals surface area contributed by atoms with Crippen LogP contribution in [0, 0.1) is 5.82 Å². The van der Waals surface area contributed by atoms with Crippen LogP contribution in [-0.4, -0.2) is 58.0 Å². The summed E-state index contributed by atoms with van der Waals surface area (Å²) in [5.41, 5.74) is 1.53. The largest absolute Gasteiger partial charge is 0.493 e. The molecule has 0 aliphatic heterocycles. The number of methoxy groups -OCH3 is 2. The first-order chi connectivity index (χ1) is 23.0. The van der Waals surface area contributed by atoms with Gasteiger partial charge in [-0.25, -0.2) is 12.8 Å². The van der Waals surface area contributed by atoms with Gasteiger partial charge in [0.1, 0.15) is 18.4 Å². The van der Waals surface area contributed by atoms with E-state index in [-0.39, 0.29) is 35.3 Å². The van der Waals surface area contributed by atoms with Gasteiger partial charge in [-0.2, -0.15) is 0 Å². The van der Waals surface area contributed by atoms with Gasteiger partial charge >= 0.3 is 0 Å². The number of ether oxygens (including phenoxy) is 2. The summed E-state index contributed by atoms with van der Waals surface area (Å²) in [6, 6.07) is 23.8. The van der Waals surface area contributed by atoms with Gasteiger partial charge in [-0.3, -0.25) is 13.9 Å². The maximum absolute atomic E-state index is 14.6. The zero-order valence-electron chi connectivity index (χ0n) is 27.2. The molecule has 4 rings (SSSR count). The summed E-state index contributed by atoms with van der Waals surface area (Å²) in [4.78, 5) is 29.7. The standard InChI is InChI=1S/C36H39ClFN3O6S/c1-5-25(2)39-36(43)32(21-26-9-7-6-8-10-26)40(23-27-11-15-29(38)16-12-27)35(42)24-41(30-17-13-28(37)14-18-30)48(44,45)31-19-20-33(46-3)34(22-31)47-4/h6-20,22,25,32H,5,21,23-24H2,1-4H3,(H,39,43)/t25-,32-/m1/s1. The topological polar surface area (TPSA) is 105 Å². The molecule has 0 heterocycles. The lowest BCUT2D eigenvalue weighted by Gasteiger charge is -2.34. The minimum atomic E-state index is -4.40. The number of carbonyl (C=O) groups excluding carboxylic acids is 2. The van der Waals surface area contributed by atoms with Crippen molar-refractivity contribution in [1.29, 1.82) is 0 Å². The van der Waals surface area contributed by atoms with Gasteiger partial charge < -0.3 is 19.7 Å². The molecule has 0 aromatic heterocycles.